The Kier molecular flexibility index (Phi) is 4.98. The van der Waals surface area contributed by atoms with Crippen molar-refractivity contribution < 1.29 is 4.79 Å². The summed E-state index contributed by atoms with van der Waals surface area (Å²) in [7, 11) is 0. The van der Waals surface area contributed by atoms with Crippen LogP contribution in [0.25, 0.3) is 0 Å². The Bertz CT molecular complexity index is 638. The lowest BCUT2D eigenvalue weighted by Crippen LogP contribution is -2.19. The van der Waals surface area contributed by atoms with Crippen molar-refractivity contribution in [3.05, 3.63) is 58.1 Å². The third-order valence-electron chi connectivity index (χ3n) is 3.11. The van der Waals surface area contributed by atoms with E-state index in [9.17, 15) is 4.79 Å². The van der Waals surface area contributed by atoms with E-state index in [0.29, 0.717) is 0 Å². The molecule has 2 amide bonds. The Morgan fingerprint density at radius 3 is 2.24 bits per heavy atom. The summed E-state index contributed by atoms with van der Waals surface area (Å²) in [5, 5.41) is 5.59. The second-order valence-electron chi connectivity index (χ2n) is 4.95. The van der Waals surface area contributed by atoms with Crippen LogP contribution in [0, 0.1) is 6.92 Å². The molecule has 1 unspecified atom stereocenters. The maximum absolute atomic E-state index is 11.9. The number of carbonyl (C=O) groups excluding carboxylic acids is 1. The van der Waals surface area contributed by atoms with Crippen LogP contribution >= 0.6 is 15.9 Å². The fourth-order valence-corrected chi connectivity index (χ4v) is 2.13. The molecule has 2 rings (SSSR count). The van der Waals surface area contributed by atoms with E-state index in [0.717, 1.165) is 27.0 Å². The lowest BCUT2D eigenvalue weighted by atomic mass is 10.1. The Morgan fingerprint density at radius 1 is 1.10 bits per heavy atom. The lowest BCUT2D eigenvalue weighted by Gasteiger charge is -2.10. The Labute approximate surface area is 132 Å². The molecule has 0 aliphatic heterocycles. The first-order chi connectivity index (χ1) is 9.95. The van der Waals surface area contributed by atoms with Crippen molar-refractivity contribution in [2.24, 2.45) is 5.73 Å². The van der Waals surface area contributed by atoms with Crippen molar-refractivity contribution in [2.45, 2.75) is 19.9 Å². The van der Waals surface area contributed by atoms with Gasteiger partial charge >= 0.3 is 6.03 Å². The predicted octanol–water partition coefficient (Wildman–Crippen LogP) is 4.42. The third-order valence-corrected chi connectivity index (χ3v) is 4.00. The fraction of sp³-hybridized carbons (Fsp3) is 0.188. The van der Waals surface area contributed by atoms with Gasteiger partial charge in [0.05, 0.1) is 0 Å². The van der Waals surface area contributed by atoms with Gasteiger partial charge < -0.3 is 16.4 Å². The van der Waals surface area contributed by atoms with Crippen LogP contribution in [0.2, 0.25) is 0 Å². The first-order valence-corrected chi connectivity index (χ1v) is 7.44. The van der Waals surface area contributed by atoms with Gasteiger partial charge in [-0.05, 0) is 55.3 Å². The summed E-state index contributed by atoms with van der Waals surface area (Å²) in [6.45, 7) is 3.89. The molecule has 0 spiro atoms. The molecule has 0 aliphatic carbocycles. The summed E-state index contributed by atoms with van der Waals surface area (Å²) in [6, 6.07) is 12.9. The van der Waals surface area contributed by atoms with E-state index in [2.05, 4.69) is 26.6 Å². The fourth-order valence-electron chi connectivity index (χ4n) is 1.89. The van der Waals surface area contributed by atoms with Crippen molar-refractivity contribution in [3.63, 3.8) is 0 Å². The van der Waals surface area contributed by atoms with Gasteiger partial charge in [-0.25, -0.2) is 4.79 Å². The third kappa shape index (κ3) is 4.31. The van der Waals surface area contributed by atoms with E-state index in [4.69, 9.17) is 5.73 Å². The van der Waals surface area contributed by atoms with Crippen molar-refractivity contribution in [3.8, 4) is 0 Å². The molecular formula is C16H18BrN3O. The molecule has 2 aromatic carbocycles. The molecule has 110 valence electrons. The number of nitrogens with two attached hydrogens (primary N) is 1. The molecule has 0 heterocycles. The minimum Gasteiger partial charge on any atom is -0.324 e. The zero-order valence-electron chi connectivity index (χ0n) is 12.0. The first-order valence-electron chi connectivity index (χ1n) is 6.65. The highest BCUT2D eigenvalue weighted by atomic mass is 79.9. The topological polar surface area (TPSA) is 67.2 Å². The largest absolute Gasteiger partial charge is 0.324 e. The van der Waals surface area contributed by atoms with E-state index in [1.807, 2.05) is 56.3 Å². The van der Waals surface area contributed by atoms with Gasteiger partial charge in [0.25, 0.3) is 0 Å². The van der Waals surface area contributed by atoms with Crippen LogP contribution in [0.3, 0.4) is 0 Å². The number of urea groups is 1. The van der Waals surface area contributed by atoms with Crippen LogP contribution in [0.4, 0.5) is 16.2 Å². The standard InChI is InChI=1S/C16H18BrN3O/c1-10-9-14(7-8-15(10)17)20-16(21)19-13-5-3-12(4-6-13)11(2)18/h3-9,11H,18H2,1-2H3,(H2,19,20,21). The number of hydrogen-bond acceptors (Lipinski definition) is 2. The number of nitrogens with one attached hydrogen (secondary N) is 2. The Balaban J connectivity index is 1.99. The number of anilines is 2. The molecule has 4 nitrogen and oxygen atoms in total. The average Bonchev–Trinajstić information content (AvgIpc) is 2.43. The molecule has 2 aromatic rings. The molecule has 4 N–H and O–H groups in total. The van der Waals surface area contributed by atoms with Crippen molar-refractivity contribution >= 4 is 33.3 Å². The van der Waals surface area contributed by atoms with Crippen LogP contribution in [0.15, 0.2) is 46.9 Å². The number of rotatable bonds is 3. The van der Waals surface area contributed by atoms with E-state index in [1.54, 1.807) is 0 Å². The van der Waals surface area contributed by atoms with E-state index in [-0.39, 0.29) is 12.1 Å². The number of benzene rings is 2. The molecule has 5 heteroatoms. The zero-order chi connectivity index (χ0) is 15.4. The molecule has 0 aliphatic rings. The minimum atomic E-state index is -0.273. The number of carbonyl (C=O) groups is 1. The van der Waals surface area contributed by atoms with Crippen LogP contribution < -0.4 is 16.4 Å². The summed E-state index contributed by atoms with van der Waals surface area (Å²) < 4.78 is 1.01. The summed E-state index contributed by atoms with van der Waals surface area (Å²) in [4.78, 5) is 11.9. The Morgan fingerprint density at radius 2 is 1.67 bits per heavy atom. The number of halogens is 1. The summed E-state index contributed by atoms with van der Waals surface area (Å²) >= 11 is 3.43. The van der Waals surface area contributed by atoms with Crippen LogP contribution in [0.5, 0.6) is 0 Å². The van der Waals surface area contributed by atoms with Crippen LogP contribution in [-0.4, -0.2) is 6.03 Å². The smallest absolute Gasteiger partial charge is 0.323 e. The van der Waals surface area contributed by atoms with Crippen LogP contribution in [-0.2, 0) is 0 Å². The lowest BCUT2D eigenvalue weighted by molar-refractivity contribution is 0.262. The average molecular weight is 348 g/mol. The van der Waals surface area contributed by atoms with Gasteiger partial charge in [-0.2, -0.15) is 0 Å². The van der Waals surface area contributed by atoms with Gasteiger partial charge in [-0.1, -0.05) is 28.1 Å². The van der Waals surface area contributed by atoms with Crippen molar-refractivity contribution in [1.29, 1.82) is 0 Å². The molecule has 0 saturated carbocycles. The zero-order valence-corrected chi connectivity index (χ0v) is 13.6. The minimum absolute atomic E-state index is 0.0152. The molecule has 0 aromatic heterocycles. The van der Waals surface area contributed by atoms with E-state index < -0.39 is 0 Å². The highest BCUT2D eigenvalue weighted by molar-refractivity contribution is 9.10. The quantitative estimate of drug-likeness (QED) is 0.769. The number of amides is 2. The highest BCUT2D eigenvalue weighted by Crippen LogP contribution is 2.20. The molecule has 1 atom stereocenters. The summed E-state index contributed by atoms with van der Waals surface area (Å²) in [5.74, 6) is 0. The normalized spacial score (nSPS) is 11.8. The first kappa shape index (κ1) is 15.5. The second kappa shape index (κ2) is 6.74. The van der Waals surface area contributed by atoms with Gasteiger partial charge in [-0.3, -0.25) is 0 Å². The van der Waals surface area contributed by atoms with Crippen molar-refractivity contribution in [1.82, 2.24) is 0 Å². The van der Waals surface area contributed by atoms with Crippen molar-refractivity contribution in [2.75, 3.05) is 10.6 Å². The number of hydrogen-bond donors (Lipinski definition) is 3. The maximum atomic E-state index is 11.9. The maximum Gasteiger partial charge on any atom is 0.323 e. The SMILES string of the molecule is Cc1cc(NC(=O)Nc2ccc(C(C)N)cc2)ccc1Br. The summed E-state index contributed by atoms with van der Waals surface area (Å²) in [5.41, 5.74) is 9.36. The van der Waals surface area contributed by atoms with Crippen LogP contribution in [0.1, 0.15) is 24.1 Å². The molecule has 0 fully saturated rings. The number of aryl methyl sites for hydroxylation is 1. The van der Waals surface area contributed by atoms with E-state index in [1.165, 1.54) is 0 Å². The Hall–Kier alpha value is -1.85. The molecular weight excluding hydrogens is 330 g/mol. The summed E-state index contributed by atoms with van der Waals surface area (Å²) in [6.07, 6.45) is 0. The van der Waals surface area contributed by atoms with E-state index >= 15 is 0 Å². The molecule has 0 saturated heterocycles. The second-order valence-corrected chi connectivity index (χ2v) is 5.81. The van der Waals surface area contributed by atoms with Gasteiger partial charge in [0.15, 0.2) is 0 Å². The highest BCUT2D eigenvalue weighted by Gasteiger charge is 2.05. The molecule has 21 heavy (non-hydrogen) atoms. The van der Waals surface area contributed by atoms with Gasteiger partial charge in [0, 0.05) is 21.9 Å². The van der Waals surface area contributed by atoms with Gasteiger partial charge in [0.1, 0.15) is 0 Å². The van der Waals surface area contributed by atoms with Gasteiger partial charge in [0.2, 0.25) is 0 Å². The van der Waals surface area contributed by atoms with Gasteiger partial charge in [-0.15, -0.1) is 0 Å². The predicted molar refractivity (Wildman–Crippen MR) is 90.6 cm³/mol. The molecule has 0 radical (unpaired) electrons. The molecule has 0 bridgehead atoms. The monoisotopic (exact) mass is 347 g/mol.